The number of carboxylic acids is 1. The number of carbonyl (C=O) groups excluding carboxylic acids is 2. The summed E-state index contributed by atoms with van der Waals surface area (Å²) in [4.78, 5) is 32.9. The van der Waals surface area contributed by atoms with Crippen molar-refractivity contribution in [3.8, 4) is 0 Å². The Morgan fingerprint density at radius 3 is 2.22 bits per heavy atom. The SMILES string of the molecule is CC(CNC(=O)NCC(=O)NC(C)C)CC(=O)O. The predicted octanol–water partition coefficient (Wildman–Crippen LogP) is -0.0790. The van der Waals surface area contributed by atoms with Crippen LogP contribution in [0, 0.1) is 5.92 Å². The minimum Gasteiger partial charge on any atom is -0.481 e. The maximum absolute atomic E-state index is 11.3. The maximum atomic E-state index is 11.3. The molecule has 0 heterocycles. The molecule has 0 saturated heterocycles. The number of rotatable bonds is 7. The van der Waals surface area contributed by atoms with Crippen LogP contribution in [-0.4, -0.2) is 42.1 Å². The van der Waals surface area contributed by atoms with Gasteiger partial charge < -0.3 is 21.1 Å². The molecule has 0 aliphatic heterocycles. The van der Waals surface area contributed by atoms with Crippen molar-refractivity contribution in [2.75, 3.05) is 13.1 Å². The van der Waals surface area contributed by atoms with E-state index in [0.29, 0.717) is 0 Å². The van der Waals surface area contributed by atoms with E-state index >= 15 is 0 Å². The van der Waals surface area contributed by atoms with E-state index in [9.17, 15) is 14.4 Å². The average Bonchev–Trinajstić information content (AvgIpc) is 2.21. The van der Waals surface area contributed by atoms with Crippen molar-refractivity contribution in [3.05, 3.63) is 0 Å². The van der Waals surface area contributed by atoms with Gasteiger partial charge in [0.1, 0.15) is 0 Å². The Labute approximate surface area is 106 Å². The number of nitrogens with one attached hydrogen (secondary N) is 3. The normalized spacial score (nSPS) is 11.8. The topological polar surface area (TPSA) is 108 Å². The van der Waals surface area contributed by atoms with E-state index in [1.807, 2.05) is 13.8 Å². The Morgan fingerprint density at radius 2 is 1.72 bits per heavy atom. The number of carbonyl (C=O) groups is 3. The van der Waals surface area contributed by atoms with Crippen LogP contribution in [0.1, 0.15) is 27.2 Å². The molecule has 0 aliphatic carbocycles. The summed E-state index contributed by atoms with van der Waals surface area (Å²) in [5.74, 6) is -1.32. The fourth-order valence-corrected chi connectivity index (χ4v) is 1.23. The van der Waals surface area contributed by atoms with Crippen LogP contribution in [0.2, 0.25) is 0 Å². The number of carboxylic acid groups (broad SMARTS) is 1. The molecule has 0 fully saturated rings. The summed E-state index contributed by atoms with van der Waals surface area (Å²) < 4.78 is 0. The lowest BCUT2D eigenvalue weighted by atomic mass is 10.1. The zero-order chi connectivity index (χ0) is 14.1. The van der Waals surface area contributed by atoms with E-state index < -0.39 is 12.0 Å². The van der Waals surface area contributed by atoms with Crippen molar-refractivity contribution in [1.29, 1.82) is 0 Å². The van der Waals surface area contributed by atoms with Crippen molar-refractivity contribution < 1.29 is 19.5 Å². The fraction of sp³-hybridized carbons (Fsp3) is 0.727. The lowest BCUT2D eigenvalue weighted by Crippen LogP contribution is -2.44. The first-order valence-corrected chi connectivity index (χ1v) is 5.84. The fourth-order valence-electron chi connectivity index (χ4n) is 1.23. The van der Waals surface area contributed by atoms with Crippen molar-refractivity contribution in [3.63, 3.8) is 0 Å². The first-order valence-electron chi connectivity index (χ1n) is 5.84. The third-order valence-electron chi connectivity index (χ3n) is 1.99. The van der Waals surface area contributed by atoms with Gasteiger partial charge in [-0.2, -0.15) is 0 Å². The molecule has 0 aliphatic rings. The monoisotopic (exact) mass is 259 g/mol. The Balaban J connectivity index is 3.72. The third kappa shape index (κ3) is 9.44. The standard InChI is InChI=1S/C11H21N3O4/c1-7(2)14-9(15)6-13-11(18)12-5-8(3)4-10(16)17/h7-8H,4-6H2,1-3H3,(H,14,15)(H,16,17)(H2,12,13,18). The van der Waals surface area contributed by atoms with Gasteiger partial charge in [0, 0.05) is 19.0 Å². The molecule has 4 N–H and O–H groups in total. The van der Waals surface area contributed by atoms with Gasteiger partial charge in [-0.1, -0.05) is 6.92 Å². The van der Waals surface area contributed by atoms with Gasteiger partial charge in [0.15, 0.2) is 0 Å². The second kappa shape index (κ2) is 8.32. The van der Waals surface area contributed by atoms with Gasteiger partial charge in [-0.25, -0.2) is 4.79 Å². The van der Waals surface area contributed by atoms with Crippen LogP contribution in [0.15, 0.2) is 0 Å². The van der Waals surface area contributed by atoms with Crippen molar-refractivity contribution >= 4 is 17.9 Å². The number of hydrogen-bond acceptors (Lipinski definition) is 3. The zero-order valence-electron chi connectivity index (χ0n) is 10.9. The summed E-state index contributed by atoms with van der Waals surface area (Å²) in [6, 6.07) is -0.455. The van der Waals surface area contributed by atoms with Gasteiger partial charge in [0.2, 0.25) is 5.91 Å². The molecule has 0 rings (SSSR count). The molecule has 0 aromatic carbocycles. The number of urea groups is 1. The van der Waals surface area contributed by atoms with Crippen LogP contribution in [0.5, 0.6) is 0 Å². The smallest absolute Gasteiger partial charge is 0.315 e. The quantitative estimate of drug-likeness (QED) is 0.513. The molecule has 0 aromatic rings. The highest BCUT2D eigenvalue weighted by Gasteiger charge is 2.10. The van der Waals surface area contributed by atoms with Gasteiger partial charge in [-0.15, -0.1) is 0 Å². The summed E-state index contributed by atoms with van der Waals surface area (Å²) in [6.45, 7) is 5.53. The highest BCUT2D eigenvalue weighted by atomic mass is 16.4. The molecule has 18 heavy (non-hydrogen) atoms. The molecule has 1 atom stereocenters. The van der Waals surface area contributed by atoms with Crippen molar-refractivity contribution in [2.45, 2.75) is 33.2 Å². The summed E-state index contributed by atoms with van der Waals surface area (Å²) >= 11 is 0. The third-order valence-corrected chi connectivity index (χ3v) is 1.99. The van der Waals surface area contributed by atoms with E-state index in [2.05, 4.69) is 16.0 Å². The average molecular weight is 259 g/mol. The molecule has 3 amide bonds. The van der Waals surface area contributed by atoms with Gasteiger partial charge in [-0.3, -0.25) is 9.59 Å². The lowest BCUT2D eigenvalue weighted by Gasteiger charge is -2.12. The molecular formula is C11H21N3O4. The van der Waals surface area contributed by atoms with Crippen LogP contribution in [0.25, 0.3) is 0 Å². The Bertz CT molecular complexity index is 305. The first kappa shape index (κ1) is 16.2. The Morgan fingerprint density at radius 1 is 1.11 bits per heavy atom. The van der Waals surface area contributed by atoms with Crippen molar-refractivity contribution in [2.24, 2.45) is 5.92 Å². The van der Waals surface area contributed by atoms with E-state index in [0.717, 1.165) is 0 Å². The lowest BCUT2D eigenvalue weighted by molar-refractivity contribution is -0.137. The van der Waals surface area contributed by atoms with Gasteiger partial charge in [0.05, 0.1) is 6.54 Å². The second-order valence-electron chi connectivity index (χ2n) is 4.49. The van der Waals surface area contributed by atoms with Gasteiger partial charge >= 0.3 is 12.0 Å². The Hall–Kier alpha value is -1.79. The highest BCUT2D eigenvalue weighted by Crippen LogP contribution is 1.98. The predicted molar refractivity (Wildman–Crippen MR) is 66.1 cm³/mol. The molecule has 0 aromatic heterocycles. The van der Waals surface area contributed by atoms with Crippen LogP contribution in [0.3, 0.4) is 0 Å². The van der Waals surface area contributed by atoms with Crippen LogP contribution in [-0.2, 0) is 9.59 Å². The minimum absolute atomic E-state index is 0.00584. The molecule has 104 valence electrons. The second-order valence-corrected chi connectivity index (χ2v) is 4.49. The van der Waals surface area contributed by atoms with Gasteiger partial charge in [-0.05, 0) is 19.8 Å². The molecular weight excluding hydrogens is 238 g/mol. The van der Waals surface area contributed by atoms with Crippen LogP contribution < -0.4 is 16.0 Å². The van der Waals surface area contributed by atoms with E-state index in [1.165, 1.54) is 0 Å². The van der Waals surface area contributed by atoms with Crippen LogP contribution >= 0.6 is 0 Å². The maximum Gasteiger partial charge on any atom is 0.315 e. The van der Waals surface area contributed by atoms with Crippen LogP contribution in [0.4, 0.5) is 4.79 Å². The number of aliphatic carboxylic acids is 1. The first-order chi connectivity index (χ1) is 8.31. The molecule has 1 unspecified atom stereocenters. The summed E-state index contributed by atoms with van der Waals surface area (Å²) in [7, 11) is 0. The molecule has 0 spiro atoms. The molecule has 0 bridgehead atoms. The molecule has 0 radical (unpaired) electrons. The number of amides is 3. The Kier molecular flexibility index (Phi) is 7.50. The molecule has 7 heteroatoms. The summed E-state index contributed by atoms with van der Waals surface area (Å²) in [5, 5.41) is 16.0. The van der Waals surface area contributed by atoms with E-state index in [1.54, 1.807) is 6.92 Å². The molecule has 0 saturated carbocycles. The highest BCUT2D eigenvalue weighted by molar-refractivity contribution is 5.84. The van der Waals surface area contributed by atoms with Crippen molar-refractivity contribution in [1.82, 2.24) is 16.0 Å². The molecule has 7 nitrogen and oxygen atoms in total. The van der Waals surface area contributed by atoms with E-state index in [-0.39, 0.29) is 37.4 Å². The van der Waals surface area contributed by atoms with Gasteiger partial charge in [0.25, 0.3) is 0 Å². The largest absolute Gasteiger partial charge is 0.481 e. The summed E-state index contributed by atoms with van der Waals surface area (Å²) in [5.41, 5.74) is 0. The van der Waals surface area contributed by atoms with E-state index in [4.69, 9.17) is 5.11 Å². The summed E-state index contributed by atoms with van der Waals surface area (Å²) in [6.07, 6.45) is -0.00584. The zero-order valence-corrected chi connectivity index (χ0v) is 10.9. The minimum atomic E-state index is -0.902. The number of hydrogen-bond donors (Lipinski definition) is 4.